The zero-order chi connectivity index (χ0) is 20.1. The van der Waals surface area contributed by atoms with E-state index in [1.54, 1.807) is 18.2 Å². The molecule has 1 aliphatic heterocycles. The lowest BCUT2D eigenvalue weighted by atomic mass is 10.1. The highest BCUT2D eigenvalue weighted by Crippen LogP contribution is 2.34. The fraction of sp³-hybridized carbons (Fsp3) is 0.524. The van der Waals surface area contributed by atoms with Gasteiger partial charge in [-0.3, -0.25) is 4.90 Å². The Morgan fingerprint density at radius 3 is 2.68 bits per heavy atom. The average molecular weight is 387 g/mol. The lowest BCUT2D eigenvalue weighted by molar-refractivity contribution is 0.00894. The molecule has 0 spiro atoms. The number of methoxy groups -OCH3 is 1. The molecule has 1 aromatic heterocycles. The number of hydrogen-bond acceptors (Lipinski definition) is 5. The van der Waals surface area contributed by atoms with Gasteiger partial charge in [0.1, 0.15) is 11.4 Å². The lowest BCUT2D eigenvalue weighted by Gasteiger charge is -2.27. The van der Waals surface area contributed by atoms with Crippen LogP contribution in [0, 0.1) is 0 Å². The van der Waals surface area contributed by atoms with E-state index in [-0.39, 0.29) is 18.2 Å². The van der Waals surface area contributed by atoms with Crippen molar-refractivity contribution in [3.63, 3.8) is 0 Å². The highest BCUT2D eigenvalue weighted by atomic mass is 16.6. The Kier molecular flexibility index (Phi) is 6.36. The van der Waals surface area contributed by atoms with Crippen LogP contribution in [-0.2, 0) is 14.2 Å². The molecule has 1 amide bonds. The summed E-state index contributed by atoms with van der Waals surface area (Å²) < 4.78 is 16.5. The van der Waals surface area contributed by atoms with Crippen molar-refractivity contribution in [2.75, 3.05) is 26.9 Å². The smallest absolute Gasteiger partial charge is 0.411 e. The summed E-state index contributed by atoms with van der Waals surface area (Å²) in [5, 5.41) is 0. The Morgan fingerprint density at radius 2 is 2.00 bits per heavy atom. The first-order chi connectivity index (χ1) is 13.4. The molecule has 1 saturated heterocycles. The Bertz CT molecular complexity index is 769. The van der Waals surface area contributed by atoms with E-state index in [0.29, 0.717) is 26.2 Å². The van der Waals surface area contributed by atoms with Gasteiger partial charge in [0, 0.05) is 13.5 Å². The Balaban J connectivity index is 1.79. The van der Waals surface area contributed by atoms with Gasteiger partial charge in [0.25, 0.3) is 0 Å². The molecule has 1 aliphatic rings. The van der Waals surface area contributed by atoms with E-state index in [1.165, 1.54) is 0 Å². The first-order valence-corrected chi connectivity index (χ1v) is 9.58. The number of aromatic amines is 1. The minimum Gasteiger partial charge on any atom is -0.444 e. The van der Waals surface area contributed by atoms with Crippen molar-refractivity contribution in [2.45, 2.75) is 44.9 Å². The van der Waals surface area contributed by atoms with Gasteiger partial charge in [0.15, 0.2) is 0 Å². The van der Waals surface area contributed by atoms with Gasteiger partial charge in [-0.15, -0.1) is 0 Å². The van der Waals surface area contributed by atoms with Crippen molar-refractivity contribution in [3.8, 4) is 11.3 Å². The standard InChI is InChI=1S/C21H29N3O4/c1-21(2,3)28-20(25)24-14-16(27-11-10-26-4)12-18(24)19-22-13-17(23-19)15-8-6-5-7-9-15/h5-9,13,16,18H,10-12,14H2,1-4H3,(H,22,23). The number of aromatic nitrogens is 2. The summed E-state index contributed by atoms with van der Waals surface area (Å²) in [5.74, 6) is 0.738. The van der Waals surface area contributed by atoms with E-state index >= 15 is 0 Å². The van der Waals surface area contributed by atoms with Crippen molar-refractivity contribution >= 4 is 6.09 Å². The number of H-pyrrole nitrogens is 1. The Labute approximate surface area is 166 Å². The number of nitrogens with one attached hydrogen (secondary N) is 1. The van der Waals surface area contributed by atoms with Crippen LogP contribution in [0.3, 0.4) is 0 Å². The third-order valence-corrected chi connectivity index (χ3v) is 4.53. The topological polar surface area (TPSA) is 76.7 Å². The molecule has 7 heteroatoms. The summed E-state index contributed by atoms with van der Waals surface area (Å²) >= 11 is 0. The molecule has 0 aliphatic carbocycles. The summed E-state index contributed by atoms with van der Waals surface area (Å²) in [6.07, 6.45) is 2.02. The number of ether oxygens (including phenoxy) is 3. The molecule has 2 heterocycles. The molecular formula is C21H29N3O4. The summed E-state index contributed by atoms with van der Waals surface area (Å²) in [4.78, 5) is 22.4. The third-order valence-electron chi connectivity index (χ3n) is 4.53. The number of carbonyl (C=O) groups is 1. The van der Waals surface area contributed by atoms with Gasteiger partial charge >= 0.3 is 6.09 Å². The van der Waals surface area contributed by atoms with E-state index in [0.717, 1.165) is 17.1 Å². The van der Waals surface area contributed by atoms with Crippen molar-refractivity contribution in [2.24, 2.45) is 0 Å². The van der Waals surface area contributed by atoms with Crippen LogP contribution >= 0.6 is 0 Å². The summed E-state index contributed by atoms with van der Waals surface area (Å²) in [7, 11) is 1.64. The number of carbonyl (C=O) groups excluding carboxylic acids is 1. The number of hydrogen-bond donors (Lipinski definition) is 1. The van der Waals surface area contributed by atoms with E-state index in [9.17, 15) is 4.79 Å². The van der Waals surface area contributed by atoms with Gasteiger partial charge in [-0.2, -0.15) is 0 Å². The van der Waals surface area contributed by atoms with E-state index in [4.69, 9.17) is 14.2 Å². The highest BCUT2D eigenvalue weighted by molar-refractivity contribution is 5.69. The van der Waals surface area contributed by atoms with Gasteiger partial charge < -0.3 is 19.2 Å². The molecule has 28 heavy (non-hydrogen) atoms. The van der Waals surface area contributed by atoms with Crippen LogP contribution in [0.15, 0.2) is 36.5 Å². The summed E-state index contributed by atoms with van der Waals surface area (Å²) in [6, 6.07) is 9.77. The predicted molar refractivity (Wildman–Crippen MR) is 106 cm³/mol. The second-order valence-electron chi connectivity index (χ2n) is 7.92. The van der Waals surface area contributed by atoms with Crippen molar-refractivity contribution < 1.29 is 19.0 Å². The molecule has 2 unspecified atom stereocenters. The van der Waals surface area contributed by atoms with Gasteiger partial charge in [0.2, 0.25) is 0 Å². The number of amides is 1. The number of imidazole rings is 1. The molecule has 152 valence electrons. The molecule has 1 aromatic carbocycles. The minimum atomic E-state index is -0.561. The van der Waals surface area contributed by atoms with E-state index in [2.05, 4.69) is 9.97 Å². The lowest BCUT2D eigenvalue weighted by Crippen LogP contribution is -2.37. The van der Waals surface area contributed by atoms with Crippen LogP contribution in [0.4, 0.5) is 4.79 Å². The number of rotatable bonds is 6. The van der Waals surface area contributed by atoms with Crippen molar-refractivity contribution in [1.29, 1.82) is 0 Å². The number of nitrogens with zero attached hydrogens (tertiary/aromatic N) is 2. The first kappa shape index (κ1) is 20.4. The zero-order valence-electron chi connectivity index (χ0n) is 17.0. The summed E-state index contributed by atoms with van der Waals surface area (Å²) in [5.41, 5.74) is 1.41. The fourth-order valence-electron chi connectivity index (χ4n) is 3.27. The zero-order valence-corrected chi connectivity index (χ0v) is 17.0. The molecule has 2 atom stereocenters. The van der Waals surface area contributed by atoms with Gasteiger partial charge in [-0.1, -0.05) is 30.3 Å². The highest BCUT2D eigenvalue weighted by Gasteiger charge is 2.40. The van der Waals surface area contributed by atoms with Crippen LogP contribution in [0.5, 0.6) is 0 Å². The molecule has 0 bridgehead atoms. The second-order valence-corrected chi connectivity index (χ2v) is 7.92. The first-order valence-electron chi connectivity index (χ1n) is 9.58. The van der Waals surface area contributed by atoms with E-state index in [1.807, 2.05) is 51.1 Å². The van der Waals surface area contributed by atoms with E-state index < -0.39 is 5.60 Å². The monoisotopic (exact) mass is 387 g/mol. The molecule has 0 radical (unpaired) electrons. The fourth-order valence-corrected chi connectivity index (χ4v) is 3.27. The molecule has 2 aromatic rings. The molecule has 7 nitrogen and oxygen atoms in total. The molecular weight excluding hydrogens is 358 g/mol. The Morgan fingerprint density at radius 1 is 1.25 bits per heavy atom. The van der Waals surface area contributed by atoms with Crippen molar-refractivity contribution in [1.82, 2.24) is 14.9 Å². The number of benzene rings is 1. The SMILES string of the molecule is COCCOC1CC(c2ncc(-c3ccccc3)[nH]2)N(C(=O)OC(C)(C)C)C1. The maximum Gasteiger partial charge on any atom is 0.411 e. The van der Waals surface area contributed by atoms with Crippen LogP contribution in [-0.4, -0.2) is 59.5 Å². The average Bonchev–Trinajstić information content (AvgIpc) is 3.28. The molecule has 3 rings (SSSR count). The molecule has 1 fully saturated rings. The van der Waals surface area contributed by atoms with Gasteiger partial charge in [-0.25, -0.2) is 9.78 Å². The predicted octanol–water partition coefficient (Wildman–Crippen LogP) is 3.79. The van der Waals surface area contributed by atoms with Crippen LogP contribution < -0.4 is 0 Å². The van der Waals surface area contributed by atoms with Crippen LogP contribution in [0.25, 0.3) is 11.3 Å². The summed E-state index contributed by atoms with van der Waals surface area (Å²) in [6.45, 7) is 7.06. The van der Waals surface area contributed by atoms with Crippen LogP contribution in [0.1, 0.15) is 39.1 Å². The molecule has 0 saturated carbocycles. The minimum absolute atomic E-state index is 0.0852. The maximum absolute atomic E-state index is 12.8. The van der Waals surface area contributed by atoms with Crippen molar-refractivity contribution in [3.05, 3.63) is 42.4 Å². The second kappa shape index (κ2) is 8.75. The quantitative estimate of drug-likeness (QED) is 0.763. The third kappa shape index (κ3) is 5.11. The van der Waals surface area contributed by atoms with Crippen LogP contribution in [0.2, 0.25) is 0 Å². The van der Waals surface area contributed by atoms with Gasteiger partial charge in [-0.05, 0) is 26.3 Å². The van der Waals surface area contributed by atoms with Gasteiger partial charge in [0.05, 0.1) is 43.8 Å². The molecule has 1 N–H and O–H groups in total. The maximum atomic E-state index is 12.8. The largest absolute Gasteiger partial charge is 0.444 e. The Hall–Kier alpha value is -2.38. The number of likely N-dealkylation sites (tertiary alicyclic amines) is 1. The normalized spacial score (nSPS) is 19.8.